The van der Waals surface area contributed by atoms with Crippen molar-refractivity contribution in [2.45, 2.75) is 25.8 Å². The molecule has 0 saturated carbocycles. The van der Waals surface area contributed by atoms with Crippen LogP contribution >= 0.6 is 0 Å². The lowest BCUT2D eigenvalue weighted by Crippen LogP contribution is -2.43. The van der Waals surface area contributed by atoms with Gasteiger partial charge in [0.1, 0.15) is 0 Å². The molecule has 0 saturated heterocycles. The van der Waals surface area contributed by atoms with E-state index in [9.17, 15) is 4.79 Å². The lowest BCUT2D eigenvalue weighted by molar-refractivity contribution is 0.0871. The number of rotatable bonds is 4. The van der Waals surface area contributed by atoms with Gasteiger partial charge in [0, 0.05) is 12.1 Å². The number of amides is 1. The van der Waals surface area contributed by atoms with Gasteiger partial charge in [-0.15, -0.1) is 0 Å². The molecule has 1 amide bonds. The van der Waals surface area contributed by atoms with Gasteiger partial charge >= 0.3 is 0 Å². The van der Waals surface area contributed by atoms with E-state index in [0.717, 1.165) is 0 Å². The fraction of sp³-hybridized carbons (Fsp3) is 0.500. The number of furan rings is 1. The van der Waals surface area contributed by atoms with Crippen molar-refractivity contribution in [3.8, 4) is 0 Å². The molecule has 78 valence electrons. The second kappa shape index (κ2) is 4.28. The maximum absolute atomic E-state index is 11.5. The molecule has 1 rings (SSSR count). The van der Waals surface area contributed by atoms with E-state index in [1.807, 2.05) is 13.8 Å². The van der Waals surface area contributed by atoms with Gasteiger partial charge in [-0.3, -0.25) is 4.79 Å². The Balaban J connectivity index is 2.57. The SMILES string of the molecule is CC(C)(CCO)NC(=O)c1ccco1. The minimum atomic E-state index is -0.418. The lowest BCUT2D eigenvalue weighted by atomic mass is 10.0. The second-order valence-electron chi connectivity index (χ2n) is 3.79. The molecule has 0 fully saturated rings. The van der Waals surface area contributed by atoms with Gasteiger partial charge in [-0.1, -0.05) is 0 Å². The molecular weight excluding hydrogens is 182 g/mol. The van der Waals surface area contributed by atoms with E-state index in [-0.39, 0.29) is 18.3 Å². The van der Waals surface area contributed by atoms with Crippen molar-refractivity contribution in [3.63, 3.8) is 0 Å². The maximum Gasteiger partial charge on any atom is 0.287 e. The van der Waals surface area contributed by atoms with E-state index in [1.54, 1.807) is 12.1 Å². The third-order valence-corrected chi connectivity index (χ3v) is 1.93. The summed E-state index contributed by atoms with van der Waals surface area (Å²) >= 11 is 0. The molecule has 1 aromatic heterocycles. The first-order valence-electron chi connectivity index (χ1n) is 4.52. The third-order valence-electron chi connectivity index (χ3n) is 1.93. The van der Waals surface area contributed by atoms with Crippen molar-refractivity contribution in [1.82, 2.24) is 5.32 Å². The van der Waals surface area contributed by atoms with Crippen molar-refractivity contribution in [3.05, 3.63) is 24.2 Å². The van der Waals surface area contributed by atoms with E-state index < -0.39 is 5.54 Å². The number of hydrogen-bond acceptors (Lipinski definition) is 3. The molecule has 14 heavy (non-hydrogen) atoms. The zero-order valence-electron chi connectivity index (χ0n) is 8.41. The van der Waals surface area contributed by atoms with Crippen LogP contribution in [-0.4, -0.2) is 23.2 Å². The molecular formula is C10H15NO3. The average Bonchev–Trinajstić information content (AvgIpc) is 2.53. The van der Waals surface area contributed by atoms with Gasteiger partial charge in [-0.05, 0) is 32.4 Å². The smallest absolute Gasteiger partial charge is 0.287 e. The summed E-state index contributed by atoms with van der Waals surface area (Å²) in [4.78, 5) is 11.5. The molecule has 0 spiro atoms. The number of carbonyl (C=O) groups excluding carboxylic acids is 1. The molecule has 0 aliphatic carbocycles. The number of hydrogen-bond donors (Lipinski definition) is 2. The molecule has 0 aliphatic heterocycles. The van der Waals surface area contributed by atoms with Crippen LogP contribution in [0.2, 0.25) is 0 Å². The van der Waals surface area contributed by atoms with Crippen LogP contribution in [0.4, 0.5) is 0 Å². The Morgan fingerprint density at radius 3 is 2.86 bits per heavy atom. The summed E-state index contributed by atoms with van der Waals surface area (Å²) in [7, 11) is 0. The standard InChI is InChI=1S/C10H15NO3/c1-10(2,5-6-12)11-9(13)8-4-3-7-14-8/h3-4,7,12H,5-6H2,1-2H3,(H,11,13). The predicted molar refractivity (Wildman–Crippen MR) is 52.0 cm³/mol. The Hall–Kier alpha value is -1.29. The quantitative estimate of drug-likeness (QED) is 0.761. The van der Waals surface area contributed by atoms with Crippen LogP contribution in [0.3, 0.4) is 0 Å². The zero-order chi connectivity index (χ0) is 10.6. The molecule has 0 atom stereocenters. The minimum Gasteiger partial charge on any atom is -0.459 e. The maximum atomic E-state index is 11.5. The molecule has 4 nitrogen and oxygen atoms in total. The van der Waals surface area contributed by atoms with Gasteiger partial charge < -0.3 is 14.8 Å². The van der Waals surface area contributed by atoms with Gasteiger partial charge in [0.25, 0.3) is 5.91 Å². The number of nitrogens with one attached hydrogen (secondary N) is 1. The second-order valence-corrected chi connectivity index (χ2v) is 3.79. The molecule has 0 radical (unpaired) electrons. The van der Waals surface area contributed by atoms with Crippen molar-refractivity contribution in [2.24, 2.45) is 0 Å². The molecule has 0 aromatic carbocycles. The van der Waals surface area contributed by atoms with Crippen LogP contribution in [0.15, 0.2) is 22.8 Å². The highest BCUT2D eigenvalue weighted by molar-refractivity contribution is 5.91. The molecule has 2 N–H and O–H groups in total. The number of aliphatic hydroxyl groups is 1. The highest BCUT2D eigenvalue weighted by Crippen LogP contribution is 2.09. The molecule has 0 bridgehead atoms. The van der Waals surface area contributed by atoms with Crippen LogP contribution in [0.25, 0.3) is 0 Å². The van der Waals surface area contributed by atoms with Crippen molar-refractivity contribution < 1.29 is 14.3 Å². The Morgan fingerprint density at radius 1 is 1.64 bits per heavy atom. The number of aliphatic hydroxyl groups excluding tert-OH is 1. The van der Waals surface area contributed by atoms with E-state index in [4.69, 9.17) is 9.52 Å². The van der Waals surface area contributed by atoms with Crippen molar-refractivity contribution >= 4 is 5.91 Å². The normalized spacial score (nSPS) is 11.4. The fourth-order valence-electron chi connectivity index (χ4n) is 1.12. The molecule has 1 heterocycles. The molecule has 0 unspecified atom stereocenters. The van der Waals surface area contributed by atoms with Gasteiger partial charge in [-0.25, -0.2) is 0 Å². The average molecular weight is 197 g/mol. The lowest BCUT2D eigenvalue weighted by Gasteiger charge is -2.24. The summed E-state index contributed by atoms with van der Waals surface area (Å²) in [5, 5.41) is 11.5. The summed E-state index contributed by atoms with van der Waals surface area (Å²) < 4.78 is 4.94. The minimum absolute atomic E-state index is 0.0471. The van der Waals surface area contributed by atoms with E-state index in [0.29, 0.717) is 6.42 Å². The summed E-state index contributed by atoms with van der Waals surface area (Å²) in [6, 6.07) is 3.26. The highest BCUT2D eigenvalue weighted by atomic mass is 16.3. The largest absolute Gasteiger partial charge is 0.459 e. The van der Waals surface area contributed by atoms with E-state index in [1.165, 1.54) is 6.26 Å². The first-order chi connectivity index (χ1) is 6.55. The van der Waals surface area contributed by atoms with Crippen LogP contribution in [0, 0.1) is 0 Å². The van der Waals surface area contributed by atoms with Crippen LogP contribution in [-0.2, 0) is 0 Å². The van der Waals surface area contributed by atoms with Crippen molar-refractivity contribution in [2.75, 3.05) is 6.61 Å². The van der Waals surface area contributed by atoms with E-state index in [2.05, 4.69) is 5.32 Å². The summed E-state index contributed by atoms with van der Waals surface area (Å²) in [5.74, 6) is 0.0319. The summed E-state index contributed by atoms with van der Waals surface area (Å²) in [5.41, 5.74) is -0.418. The topological polar surface area (TPSA) is 62.5 Å². The summed E-state index contributed by atoms with van der Waals surface area (Å²) in [6.45, 7) is 3.75. The van der Waals surface area contributed by atoms with Gasteiger partial charge in [0.2, 0.25) is 0 Å². The van der Waals surface area contributed by atoms with Crippen LogP contribution in [0.1, 0.15) is 30.8 Å². The monoisotopic (exact) mass is 197 g/mol. The first kappa shape index (κ1) is 10.8. The Kier molecular flexibility index (Phi) is 3.30. The van der Waals surface area contributed by atoms with Gasteiger partial charge in [0.15, 0.2) is 5.76 Å². The van der Waals surface area contributed by atoms with E-state index >= 15 is 0 Å². The fourth-order valence-corrected chi connectivity index (χ4v) is 1.12. The van der Waals surface area contributed by atoms with Crippen LogP contribution in [0.5, 0.6) is 0 Å². The number of carbonyl (C=O) groups is 1. The zero-order valence-corrected chi connectivity index (χ0v) is 8.41. The third kappa shape index (κ3) is 2.88. The Morgan fingerprint density at radius 2 is 2.36 bits per heavy atom. The molecule has 4 heteroatoms. The van der Waals surface area contributed by atoms with Crippen molar-refractivity contribution in [1.29, 1.82) is 0 Å². The summed E-state index contributed by atoms with van der Waals surface area (Å²) in [6.07, 6.45) is 1.97. The van der Waals surface area contributed by atoms with Gasteiger partial charge in [-0.2, -0.15) is 0 Å². The first-order valence-corrected chi connectivity index (χ1v) is 4.52. The van der Waals surface area contributed by atoms with Gasteiger partial charge in [0.05, 0.1) is 6.26 Å². The molecule has 0 aliphatic rings. The predicted octanol–water partition coefficient (Wildman–Crippen LogP) is 1.17. The highest BCUT2D eigenvalue weighted by Gasteiger charge is 2.21. The van der Waals surface area contributed by atoms with Crippen LogP contribution < -0.4 is 5.32 Å². The Bertz CT molecular complexity index is 290. The molecule has 1 aromatic rings. The Labute approximate surface area is 82.9 Å².